The number of fused-ring (bicyclic) bond motifs is 1. The summed E-state index contributed by atoms with van der Waals surface area (Å²) < 4.78 is 0. The Kier molecular flexibility index (Phi) is 4.14. The Hall–Kier alpha value is -2.29. The quantitative estimate of drug-likeness (QED) is 0.917. The molecule has 1 heterocycles. The Morgan fingerprint density at radius 2 is 1.95 bits per heavy atom. The number of hydrogen-bond acceptors (Lipinski definition) is 2. The molecule has 0 saturated heterocycles. The molecule has 0 amide bonds. The van der Waals surface area contributed by atoms with Crippen LogP contribution in [-0.4, -0.2) is 17.6 Å². The SMILES string of the molecule is CC(Cc1cccc2c1N(Cc1ccccc1)CC2)C(=O)O. The van der Waals surface area contributed by atoms with Crippen LogP contribution in [0.4, 0.5) is 5.69 Å². The van der Waals surface area contributed by atoms with Crippen LogP contribution in [0, 0.1) is 5.92 Å². The summed E-state index contributed by atoms with van der Waals surface area (Å²) >= 11 is 0. The van der Waals surface area contributed by atoms with Crippen molar-refractivity contribution in [3.63, 3.8) is 0 Å². The molecule has 0 radical (unpaired) electrons. The van der Waals surface area contributed by atoms with Crippen LogP contribution in [0.5, 0.6) is 0 Å². The molecule has 0 fully saturated rings. The zero-order chi connectivity index (χ0) is 15.5. The first-order valence-corrected chi connectivity index (χ1v) is 7.77. The lowest BCUT2D eigenvalue weighted by molar-refractivity contribution is -0.141. The van der Waals surface area contributed by atoms with Gasteiger partial charge >= 0.3 is 5.97 Å². The number of carbonyl (C=O) groups is 1. The molecule has 3 heteroatoms. The average molecular weight is 295 g/mol. The van der Waals surface area contributed by atoms with Gasteiger partial charge in [-0.2, -0.15) is 0 Å². The summed E-state index contributed by atoms with van der Waals surface area (Å²) in [5.74, 6) is -1.09. The van der Waals surface area contributed by atoms with Gasteiger partial charge in [-0.1, -0.05) is 55.5 Å². The minimum atomic E-state index is -0.731. The second-order valence-corrected chi connectivity index (χ2v) is 6.03. The number of para-hydroxylation sites is 1. The van der Waals surface area contributed by atoms with Crippen molar-refractivity contribution in [2.45, 2.75) is 26.3 Å². The van der Waals surface area contributed by atoms with Crippen molar-refractivity contribution in [2.24, 2.45) is 5.92 Å². The lowest BCUT2D eigenvalue weighted by Crippen LogP contribution is -2.22. The molecule has 22 heavy (non-hydrogen) atoms. The van der Waals surface area contributed by atoms with Gasteiger partial charge in [0.05, 0.1) is 5.92 Å². The Balaban J connectivity index is 1.87. The fourth-order valence-corrected chi connectivity index (χ4v) is 3.16. The predicted octanol–water partition coefficient (Wildman–Crippen LogP) is 3.51. The van der Waals surface area contributed by atoms with Crippen molar-refractivity contribution in [1.82, 2.24) is 0 Å². The van der Waals surface area contributed by atoms with Gasteiger partial charge in [-0.3, -0.25) is 4.79 Å². The van der Waals surface area contributed by atoms with Crippen molar-refractivity contribution in [3.8, 4) is 0 Å². The van der Waals surface area contributed by atoms with Crippen molar-refractivity contribution >= 4 is 11.7 Å². The van der Waals surface area contributed by atoms with Crippen LogP contribution in [0.25, 0.3) is 0 Å². The Bertz CT molecular complexity index is 666. The summed E-state index contributed by atoms with van der Waals surface area (Å²) in [5, 5.41) is 9.18. The summed E-state index contributed by atoms with van der Waals surface area (Å²) in [5.41, 5.74) is 5.03. The van der Waals surface area contributed by atoms with Crippen LogP contribution in [0.15, 0.2) is 48.5 Å². The number of carboxylic acids is 1. The van der Waals surface area contributed by atoms with E-state index in [4.69, 9.17) is 0 Å². The summed E-state index contributed by atoms with van der Waals surface area (Å²) in [4.78, 5) is 13.5. The van der Waals surface area contributed by atoms with Crippen LogP contribution in [-0.2, 0) is 24.2 Å². The van der Waals surface area contributed by atoms with Gasteiger partial charge in [0, 0.05) is 18.8 Å². The first-order valence-electron chi connectivity index (χ1n) is 7.77. The Morgan fingerprint density at radius 1 is 1.18 bits per heavy atom. The third-order valence-corrected chi connectivity index (χ3v) is 4.33. The van der Waals surface area contributed by atoms with Gasteiger partial charge in [0.2, 0.25) is 0 Å². The summed E-state index contributed by atoms with van der Waals surface area (Å²) in [6.45, 7) is 3.66. The van der Waals surface area contributed by atoms with Gasteiger partial charge in [0.25, 0.3) is 0 Å². The van der Waals surface area contributed by atoms with Gasteiger partial charge in [0.1, 0.15) is 0 Å². The molecule has 2 aromatic rings. The molecule has 0 aromatic heterocycles. The molecule has 0 bridgehead atoms. The van der Waals surface area contributed by atoms with Crippen LogP contribution < -0.4 is 4.90 Å². The maximum absolute atomic E-state index is 11.2. The number of anilines is 1. The summed E-state index contributed by atoms with van der Waals surface area (Å²) in [6, 6.07) is 16.7. The van der Waals surface area contributed by atoms with E-state index in [9.17, 15) is 9.90 Å². The molecule has 1 N–H and O–H groups in total. The van der Waals surface area contributed by atoms with E-state index < -0.39 is 5.97 Å². The third kappa shape index (κ3) is 2.98. The van der Waals surface area contributed by atoms with Crippen LogP contribution in [0.2, 0.25) is 0 Å². The van der Waals surface area contributed by atoms with E-state index in [1.54, 1.807) is 6.92 Å². The molecule has 0 aliphatic carbocycles. The monoisotopic (exact) mass is 295 g/mol. The molecule has 3 rings (SSSR count). The first kappa shape index (κ1) is 14.6. The topological polar surface area (TPSA) is 40.5 Å². The average Bonchev–Trinajstić information content (AvgIpc) is 2.92. The van der Waals surface area contributed by atoms with Gasteiger partial charge in [0.15, 0.2) is 0 Å². The maximum Gasteiger partial charge on any atom is 0.306 e. The second kappa shape index (κ2) is 6.22. The lowest BCUT2D eigenvalue weighted by atomic mass is 9.97. The molecule has 2 aromatic carbocycles. The maximum atomic E-state index is 11.2. The van der Waals surface area contributed by atoms with Crippen molar-refractivity contribution in [3.05, 3.63) is 65.2 Å². The van der Waals surface area contributed by atoms with Gasteiger partial charge in [-0.15, -0.1) is 0 Å². The number of carboxylic acid groups (broad SMARTS) is 1. The number of benzene rings is 2. The molecule has 0 spiro atoms. The highest BCUT2D eigenvalue weighted by molar-refractivity contribution is 5.71. The minimum absolute atomic E-state index is 0.356. The van der Waals surface area contributed by atoms with E-state index in [-0.39, 0.29) is 5.92 Å². The van der Waals surface area contributed by atoms with E-state index >= 15 is 0 Å². The van der Waals surface area contributed by atoms with Crippen LogP contribution in [0.1, 0.15) is 23.6 Å². The van der Waals surface area contributed by atoms with Crippen LogP contribution >= 0.6 is 0 Å². The van der Waals surface area contributed by atoms with Gasteiger partial charge in [-0.25, -0.2) is 0 Å². The number of rotatable bonds is 5. The molecule has 1 aliphatic heterocycles. The van der Waals surface area contributed by atoms with Gasteiger partial charge < -0.3 is 10.0 Å². The zero-order valence-corrected chi connectivity index (χ0v) is 12.8. The summed E-state index contributed by atoms with van der Waals surface area (Å²) in [6.07, 6.45) is 1.63. The summed E-state index contributed by atoms with van der Waals surface area (Å²) in [7, 11) is 0. The van der Waals surface area contributed by atoms with Crippen molar-refractivity contribution in [2.75, 3.05) is 11.4 Å². The number of nitrogens with zero attached hydrogens (tertiary/aromatic N) is 1. The first-order chi connectivity index (χ1) is 10.6. The van der Waals surface area contributed by atoms with E-state index in [1.807, 2.05) is 6.07 Å². The third-order valence-electron chi connectivity index (χ3n) is 4.33. The molecule has 1 atom stereocenters. The zero-order valence-electron chi connectivity index (χ0n) is 12.8. The highest BCUT2D eigenvalue weighted by Gasteiger charge is 2.24. The fraction of sp³-hybridized carbons (Fsp3) is 0.316. The van der Waals surface area contributed by atoms with Gasteiger partial charge in [-0.05, 0) is 29.5 Å². The fourth-order valence-electron chi connectivity index (χ4n) is 3.16. The van der Waals surface area contributed by atoms with E-state index in [0.717, 1.165) is 25.1 Å². The van der Waals surface area contributed by atoms with E-state index in [0.29, 0.717) is 6.42 Å². The highest BCUT2D eigenvalue weighted by Crippen LogP contribution is 2.34. The smallest absolute Gasteiger partial charge is 0.306 e. The van der Waals surface area contributed by atoms with Crippen molar-refractivity contribution < 1.29 is 9.90 Å². The Morgan fingerprint density at radius 3 is 2.68 bits per heavy atom. The number of hydrogen-bond donors (Lipinski definition) is 1. The molecule has 1 aliphatic rings. The molecule has 114 valence electrons. The van der Waals surface area contributed by atoms with E-state index in [2.05, 4.69) is 47.4 Å². The second-order valence-electron chi connectivity index (χ2n) is 6.03. The van der Waals surface area contributed by atoms with E-state index in [1.165, 1.54) is 16.8 Å². The number of aliphatic carboxylic acids is 1. The Labute approximate surface area is 131 Å². The molecule has 3 nitrogen and oxygen atoms in total. The lowest BCUT2D eigenvalue weighted by Gasteiger charge is -2.23. The minimum Gasteiger partial charge on any atom is -0.481 e. The molecular formula is C19H21NO2. The highest BCUT2D eigenvalue weighted by atomic mass is 16.4. The standard InChI is InChI=1S/C19H21NO2/c1-14(19(21)22)12-17-9-5-8-16-10-11-20(18(16)17)13-15-6-3-2-4-7-15/h2-9,14H,10-13H2,1H3,(H,21,22). The normalized spacial score (nSPS) is 14.7. The molecule has 1 unspecified atom stereocenters. The molecular weight excluding hydrogens is 274 g/mol. The van der Waals surface area contributed by atoms with Crippen molar-refractivity contribution in [1.29, 1.82) is 0 Å². The largest absolute Gasteiger partial charge is 0.481 e. The predicted molar refractivity (Wildman–Crippen MR) is 88.1 cm³/mol. The van der Waals surface area contributed by atoms with Crippen LogP contribution in [0.3, 0.4) is 0 Å². The molecule has 0 saturated carbocycles.